The van der Waals surface area contributed by atoms with E-state index in [1.807, 2.05) is 13.0 Å². The third-order valence-corrected chi connectivity index (χ3v) is 4.86. The topological polar surface area (TPSA) is 37.3 Å². The Kier molecular flexibility index (Phi) is 6.75. The maximum Gasteiger partial charge on any atom is 0.336 e. The van der Waals surface area contributed by atoms with Crippen LogP contribution in [0.5, 0.6) is 0 Å². The van der Waals surface area contributed by atoms with Crippen molar-refractivity contribution in [2.24, 2.45) is 0 Å². The maximum atomic E-state index is 13.8. The Labute approximate surface area is 179 Å². The van der Waals surface area contributed by atoms with Crippen LogP contribution in [-0.4, -0.2) is 11.1 Å². The van der Waals surface area contributed by atoms with Gasteiger partial charge < -0.3 is 5.11 Å². The van der Waals surface area contributed by atoms with Crippen LogP contribution < -0.4 is 0 Å². The first-order valence-electron chi connectivity index (χ1n) is 9.77. The molecule has 0 unspecified atom stereocenters. The van der Waals surface area contributed by atoms with E-state index in [2.05, 4.69) is 0 Å². The summed E-state index contributed by atoms with van der Waals surface area (Å²) < 4.78 is 40.8. The lowest BCUT2D eigenvalue weighted by molar-refractivity contribution is -0.130. The van der Waals surface area contributed by atoms with Crippen LogP contribution in [0.15, 0.2) is 72.8 Å². The molecule has 0 radical (unpaired) electrons. The summed E-state index contributed by atoms with van der Waals surface area (Å²) >= 11 is 0. The summed E-state index contributed by atoms with van der Waals surface area (Å²) in [6.45, 7) is 3.65. The third-order valence-electron chi connectivity index (χ3n) is 4.86. The second kappa shape index (κ2) is 9.47. The molecule has 31 heavy (non-hydrogen) atoms. The van der Waals surface area contributed by atoms with Crippen LogP contribution in [0.4, 0.5) is 13.2 Å². The highest BCUT2D eigenvalue weighted by Crippen LogP contribution is 2.28. The first-order valence-corrected chi connectivity index (χ1v) is 9.77. The summed E-state index contributed by atoms with van der Waals surface area (Å²) in [5.74, 6) is -3.00. The van der Waals surface area contributed by atoms with Gasteiger partial charge in [0.05, 0.1) is 5.57 Å². The van der Waals surface area contributed by atoms with Gasteiger partial charge in [0.15, 0.2) is 0 Å². The number of carbonyl (C=O) groups is 1. The molecule has 5 heteroatoms. The van der Waals surface area contributed by atoms with Gasteiger partial charge in [-0.2, -0.15) is 0 Å². The normalized spacial score (nSPS) is 12.2. The number of carboxylic acid groups (broad SMARTS) is 1. The van der Waals surface area contributed by atoms with Gasteiger partial charge in [-0.3, -0.25) is 0 Å². The number of aliphatic carboxylic acids is 1. The van der Waals surface area contributed by atoms with Crippen LogP contribution in [0.2, 0.25) is 0 Å². The van der Waals surface area contributed by atoms with Crippen molar-refractivity contribution in [2.45, 2.75) is 20.3 Å². The van der Waals surface area contributed by atoms with Gasteiger partial charge in [0.1, 0.15) is 17.5 Å². The molecule has 0 spiro atoms. The Balaban J connectivity index is 2.04. The Bertz CT molecular complexity index is 1160. The van der Waals surface area contributed by atoms with E-state index in [-0.39, 0.29) is 5.57 Å². The lowest BCUT2D eigenvalue weighted by Gasteiger charge is -2.11. The summed E-state index contributed by atoms with van der Waals surface area (Å²) in [5, 5.41) is 9.76. The molecule has 1 N–H and O–H groups in total. The monoisotopic (exact) mass is 422 g/mol. The first-order chi connectivity index (χ1) is 14.8. The van der Waals surface area contributed by atoms with E-state index >= 15 is 0 Å². The zero-order valence-electron chi connectivity index (χ0n) is 17.1. The van der Waals surface area contributed by atoms with E-state index in [1.165, 1.54) is 36.4 Å². The number of rotatable bonds is 6. The van der Waals surface area contributed by atoms with E-state index in [9.17, 15) is 23.1 Å². The zero-order valence-corrected chi connectivity index (χ0v) is 17.1. The molecule has 158 valence electrons. The van der Waals surface area contributed by atoms with Crippen molar-refractivity contribution < 1.29 is 23.1 Å². The van der Waals surface area contributed by atoms with Crippen molar-refractivity contribution in [2.75, 3.05) is 0 Å². The summed E-state index contributed by atoms with van der Waals surface area (Å²) in [4.78, 5) is 11.9. The minimum absolute atomic E-state index is 0.0204. The second-order valence-corrected chi connectivity index (χ2v) is 7.13. The van der Waals surface area contributed by atoms with Gasteiger partial charge in [0.2, 0.25) is 0 Å². The van der Waals surface area contributed by atoms with E-state index in [4.69, 9.17) is 0 Å². The van der Waals surface area contributed by atoms with Crippen molar-refractivity contribution in [3.8, 4) is 11.1 Å². The van der Waals surface area contributed by atoms with Crippen LogP contribution in [0.1, 0.15) is 30.0 Å². The van der Waals surface area contributed by atoms with Gasteiger partial charge in [-0.05, 0) is 77.1 Å². The maximum absolute atomic E-state index is 13.8. The number of allylic oxidation sites excluding steroid dienone is 3. The molecule has 3 rings (SSSR count). The van der Waals surface area contributed by atoms with Crippen molar-refractivity contribution >= 4 is 17.1 Å². The Morgan fingerprint density at radius 2 is 1.52 bits per heavy atom. The third kappa shape index (κ3) is 5.31. The smallest absolute Gasteiger partial charge is 0.336 e. The fourth-order valence-electron chi connectivity index (χ4n) is 3.35. The highest BCUT2D eigenvalue weighted by Gasteiger charge is 2.15. The van der Waals surface area contributed by atoms with E-state index in [0.717, 1.165) is 11.6 Å². The highest BCUT2D eigenvalue weighted by molar-refractivity contribution is 6.18. The summed E-state index contributed by atoms with van der Waals surface area (Å²) in [7, 11) is 0. The van der Waals surface area contributed by atoms with E-state index in [1.54, 1.807) is 31.2 Å². The zero-order chi connectivity index (χ0) is 22.5. The molecular formula is C26H21F3O2. The summed E-state index contributed by atoms with van der Waals surface area (Å²) in [5.41, 5.74) is 3.35. The minimum Gasteiger partial charge on any atom is -0.478 e. The Hall–Kier alpha value is -3.60. The molecule has 0 bridgehead atoms. The second-order valence-electron chi connectivity index (χ2n) is 7.13. The van der Waals surface area contributed by atoms with Crippen molar-refractivity contribution in [3.05, 3.63) is 107 Å². The highest BCUT2D eigenvalue weighted by atomic mass is 19.1. The molecule has 2 nitrogen and oxygen atoms in total. The van der Waals surface area contributed by atoms with Gasteiger partial charge in [0.25, 0.3) is 0 Å². The number of hydrogen-bond acceptors (Lipinski definition) is 1. The van der Waals surface area contributed by atoms with Gasteiger partial charge in [-0.1, -0.05) is 43.3 Å². The number of halogens is 3. The average Bonchev–Trinajstić information content (AvgIpc) is 2.72. The van der Waals surface area contributed by atoms with Crippen LogP contribution in [-0.2, 0) is 4.79 Å². The molecular weight excluding hydrogens is 401 g/mol. The first kappa shape index (κ1) is 22.1. The predicted molar refractivity (Wildman–Crippen MR) is 117 cm³/mol. The average molecular weight is 422 g/mol. The molecule has 0 aliphatic carbocycles. The standard InChI is InChI=1S/C26H21F3O2/c1-3-4-19(13-25(26(30)31)24-15-21(27)10-5-16(24)2)17-6-8-18(9-7-17)20-11-22(28)14-23(29)12-20/h4-15H,3H2,1-2H3,(H,30,31)/b19-4-,25-13+. The Morgan fingerprint density at radius 1 is 0.871 bits per heavy atom. The quantitative estimate of drug-likeness (QED) is 0.342. The van der Waals surface area contributed by atoms with Crippen LogP contribution in [0.25, 0.3) is 22.3 Å². The molecule has 0 fully saturated rings. The van der Waals surface area contributed by atoms with Crippen molar-refractivity contribution in [3.63, 3.8) is 0 Å². The number of hydrogen-bond donors (Lipinski definition) is 1. The molecule has 0 aliphatic rings. The van der Waals surface area contributed by atoms with Crippen LogP contribution >= 0.6 is 0 Å². The van der Waals surface area contributed by atoms with E-state index in [0.29, 0.717) is 34.2 Å². The lowest BCUT2D eigenvalue weighted by Crippen LogP contribution is -2.03. The number of benzene rings is 3. The fourth-order valence-corrected chi connectivity index (χ4v) is 3.35. The molecule has 0 atom stereocenters. The molecule has 0 amide bonds. The van der Waals surface area contributed by atoms with Crippen molar-refractivity contribution in [1.29, 1.82) is 0 Å². The molecule has 3 aromatic carbocycles. The molecule has 0 saturated heterocycles. The van der Waals surface area contributed by atoms with Crippen LogP contribution in [0.3, 0.4) is 0 Å². The molecule has 0 aromatic heterocycles. The SMILES string of the molecule is CC/C=C(/C=C(/C(=O)O)c1cc(F)ccc1C)c1ccc(-c2cc(F)cc(F)c2)cc1. The largest absolute Gasteiger partial charge is 0.478 e. The molecule has 0 saturated carbocycles. The van der Waals surface area contributed by atoms with Gasteiger partial charge in [-0.25, -0.2) is 18.0 Å². The van der Waals surface area contributed by atoms with Gasteiger partial charge in [0, 0.05) is 6.07 Å². The van der Waals surface area contributed by atoms with E-state index < -0.39 is 23.4 Å². The molecule has 0 heterocycles. The number of aryl methyl sites for hydroxylation is 1. The van der Waals surface area contributed by atoms with Gasteiger partial charge in [-0.15, -0.1) is 0 Å². The van der Waals surface area contributed by atoms with Crippen molar-refractivity contribution in [1.82, 2.24) is 0 Å². The Morgan fingerprint density at radius 3 is 2.10 bits per heavy atom. The van der Waals surface area contributed by atoms with Crippen LogP contribution in [0, 0.1) is 24.4 Å². The number of carboxylic acids is 1. The fraction of sp³-hybridized carbons (Fsp3) is 0.115. The molecule has 3 aromatic rings. The lowest BCUT2D eigenvalue weighted by atomic mass is 9.94. The predicted octanol–water partition coefficient (Wildman–Crippen LogP) is 7.04. The summed E-state index contributed by atoms with van der Waals surface area (Å²) in [6, 6.07) is 14.3. The van der Waals surface area contributed by atoms with Gasteiger partial charge >= 0.3 is 5.97 Å². The summed E-state index contributed by atoms with van der Waals surface area (Å²) in [6.07, 6.45) is 4.04. The molecule has 0 aliphatic heterocycles. The minimum atomic E-state index is -1.16.